The smallest absolute Gasteiger partial charge is 0.156 e. The van der Waals surface area contributed by atoms with Crippen molar-refractivity contribution < 1.29 is 0 Å². The number of aryl methyl sites for hydroxylation is 2. The van der Waals surface area contributed by atoms with Gasteiger partial charge in [0.1, 0.15) is 5.69 Å². The van der Waals surface area contributed by atoms with Crippen LogP contribution in [0.4, 0.5) is 0 Å². The van der Waals surface area contributed by atoms with Crippen molar-refractivity contribution in [3.8, 4) is 11.4 Å². The minimum Gasteiger partial charge on any atom is -0.297 e. The van der Waals surface area contributed by atoms with Crippen LogP contribution in [-0.2, 0) is 0 Å². The molecule has 0 N–H and O–H groups in total. The van der Waals surface area contributed by atoms with E-state index in [1.54, 1.807) is 11.3 Å². The van der Waals surface area contributed by atoms with Crippen LogP contribution in [-0.4, -0.2) is 14.4 Å². The summed E-state index contributed by atoms with van der Waals surface area (Å²) in [5.41, 5.74) is 2.75. The van der Waals surface area contributed by atoms with Crippen LogP contribution in [0.3, 0.4) is 0 Å². The van der Waals surface area contributed by atoms with Crippen molar-refractivity contribution in [2.75, 3.05) is 0 Å². The molecule has 3 rings (SSSR count). The van der Waals surface area contributed by atoms with Gasteiger partial charge in [-0.15, -0.1) is 11.3 Å². The SMILES string of the molecule is Cc1nc(-c2cnc3c(Cl)cccn23)c(C)s1. The van der Waals surface area contributed by atoms with Gasteiger partial charge in [0.2, 0.25) is 0 Å². The van der Waals surface area contributed by atoms with Crippen molar-refractivity contribution in [1.82, 2.24) is 14.4 Å². The molecular weight excluding hydrogens is 254 g/mol. The lowest BCUT2D eigenvalue weighted by Gasteiger charge is -2.00. The van der Waals surface area contributed by atoms with Crippen molar-refractivity contribution in [3.05, 3.63) is 39.4 Å². The Morgan fingerprint density at radius 2 is 2.18 bits per heavy atom. The first-order valence-electron chi connectivity index (χ1n) is 5.23. The van der Waals surface area contributed by atoms with Crippen LogP contribution in [0, 0.1) is 13.8 Å². The molecule has 0 unspecified atom stereocenters. The third-order valence-corrected chi connectivity index (χ3v) is 3.82. The maximum atomic E-state index is 6.10. The van der Waals surface area contributed by atoms with E-state index < -0.39 is 0 Å². The molecule has 86 valence electrons. The lowest BCUT2D eigenvalue weighted by atomic mass is 10.3. The number of pyridine rings is 1. The summed E-state index contributed by atoms with van der Waals surface area (Å²) in [4.78, 5) is 10.1. The maximum Gasteiger partial charge on any atom is 0.156 e. The molecule has 3 aromatic rings. The van der Waals surface area contributed by atoms with Gasteiger partial charge in [-0.2, -0.15) is 0 Å². The first-order chi connectivity index (χ1) is 8.16. The fourth-order valence-corrected chi connectivity index (χ4v) is 2.96. The fraction of sp³-hybridized carbons (Fsp3) is 0.167. The van der Waals surface area contributed by atoms with Crippen molar-refractivity contribution in [3.63, 3.8) is 0 Å². The Balaban J connectivity index is 2.32. The highest BCUT2D eigenvalue weighted by molar-refractivity contribution is 7.11. The Hall–Kier alpha value is -1.39. The first kappa shape index (κ1) is 10.7. The van der Waals surface area contributed by atoms with Crippen LogP contribution in [0.15, 0.2) is 24.5 Å². The topological polar surface area (TPSA) is 30.2 Å². The van der Waals surface area contributed by atoms with E-state index in [0.717, 1.165) is 22.0 Å². The Bertz CT molecular complexity index is 699. The molecule has 3 heterocycles. The number of thiazole rings is 1. The summed E-state index contributed by atoms with van der Waals surface area (Å²) in [6.07, 6.45) is 3.78. The number of imidazole rings is 1. The molecule has 0 amide bonds. The van der Waals surface area contributed by atoms with E-state index >= 15 is 0 Å². The first-order valence-corrected chi connectivity index (χ1v) is 6.42. The Labute approximate surface area is 108 Å². The molecule has 3 aromatic heterocycles. The number of nitrogens with zero attached hydrogens (tertiary/aromatic N) is 3. The van der Waals surface area contributed by atoms with E-state index in [1.165, 1.54) is 4.88 Å². The zero-order valence-corrected chi connectivity index (χ0v) is 11.0. The molecule has 0 radical (unpaired) electrons. The maximum absolute atomic E-state index is 6.10. The monoisotopic (exact) mass is 263 g/mol. The molecule has 0 aliphatic heterocycles. The molecule has 0 aliphatic rings. The van der Waals surface area contributed by atoms with Gasteiger partial charge in [-0.25, -0.2) is 9.97 Å². The van der Waals surface area contributed by atoms with E-state index in [0.29, 0.717) is 5.02 Å². The number of hydrogen-bond acceptors (Lipinski definition) is 3. The zero-order valence-electron chi connectivity index (χ0n) is 9.44. The fourth-order valence-electron chi connectivity index (χ4n) is 1.92. The molecule has 0 saturated heterocycles. The van der Waals surface area contributed by atoms with E-state index in [4.69, 9.17) is 11.6 Å². The number of aromatic nitrogens is 3. The Morgan fingerprint density at radius 1 is 1.35 bits per heavy atom. The molecule has 0 saturated carbocycles. The number of halogens is 1. The largest absolute Gasteiger partial charge is 0.297 e. The van der Waals surface area contributed by atoms with Gasteiger partial charge in [-0.3, -0.25) is 4.40 Å². The summed E-state index contributed by atoms with van der Waals surface area (Å²) >= 11 is 7.80. The number of rotatable bonds is 1. The minimum atomic E-state index is 0.656. The second-order valence-electron chi connectivity index (χ2n) is 3.83. The third-order valence-electron chi connectivity index (χ3n) is 2.63. The highest BCUT2D eigenvalue weighted by Crippen LogP contribution is 2.29. The molecule has 3 nitrogen and oxygen atoms in total. The van der Waals surface area contributed by atoms with E-state index in [2.05, 4.69) is 16.9 Å². The summed E-state index contributed by atoms with van der Waals surface area (Å²) < 4.78 is 1.98. The van der Waals surface area contributed by atoms with Gasteiger partial charge in [-0.05, 0) is 26.0 Å². The van der Waals surface area contributed by atoms with Crippen LogP contribution in [0.1, 0.15) is 9.88 Å². The second kappa shape index (κ2) is 3.82. The summed E-state index contributed by atoms with van der Waals surface area (Å²) in [5, 5.41) is 1.72. The summed E-state index contributed by atoms with van der Waals surface area (Å²) in [7, 11) is 0. The molecule has 5 heteroatoms. The van der Waals surface area contributed by atoms with Gasteiger partial charge < -0.3 is 0 Å². The summed E-state index contributed by atoms with van der Waals surface area (Å²) in [6, 6.07) is 3.75. The molecule has 0 atom stereocenters. The quantitative estimate of drug-likeness (QED) is 0.670. The van der Waals surface area contributed by atoms with Gasteiger partial charge in [0.05, 0.1) is 21.9 Å². The minimum absolute atomic E-state index is 0.656. The third kappa shape index (κ3) is 1.64. The molecule has 0 aromatic carbocycles. The normalized spacial score (nSPS) is 11.2. The summed E-state index contributed by atoms with van der Waals surface area (Å²) in [5.74, 6) is 0. The lowest BCUT2D eigenvalue weighted by Crippen LogP contribution is -1.89. The van der Waals surface area contributed by atoms with Crippen LogP contribution in [0.2, 0.25) is 5.02 Å². The zero-order chi connectivity index (χ0) is 12.0. The van der Waals surface area contributed by atoms with E-state index in [1.807, 2.05) is 35.9 Å². The second-order valence-corrected chi connectivity index (χ2v) is 5.65. The number of hydrogen-bond donors (Lipinski definition) is 0. The molecule has 0 bridgehead atoms. The van der Waals surface area contributed by atoms with Crippen LogP contribution >= 0.6 is 22.9 Å². The van der Waals surface area contributed by atoms with Crippen LogP contribution < -0.4 is 0 Å². The van der Waals surface area contributed by atoms with Crippen LogP contribution in [0.25, 0.3) is 17.0 Å². The van der Waals surface area contributed by atoms with Crippen molar-refractivity contribution >= 4 is 28.6 Å². The van der Waals surface area contributed by atoms with Gasteiger partial charge in [0.15, 0.2) is 5.65 Å². The molecule has 0 fully saturated rings. The molecular formula is C12H10ClN3S. The standard InChI is InChI=1S/C12H10ClN3S/c1-7-11(15-8(2)17-7)10-6-14-12-9(13)4-3-5-16(10)12/h3-6H,1-2H3. The van der Waals surface area contributed by atoms with Crippen molar-refractivity contribution in [1.29, 1.82) is 0 Å². The van der Waals surface area contributed by atoms with Gasteiger partial charge in [0.25, 0.3) is 0 Å². The summed E-state index contributed by atoms with van der Waals surface area (Å²) in [6.45, 7) is 4.08. The average molecular weight is 264 g/mol. The predicted octanol–water partition coefficient (Wildman–Crippen LogP) is 3.73. The van der Waals surface area contributed by atoms with E-state index in [-0.39, 0.29) is 0 Å². The number of fused-ring (bicyclic) bond motifs is 1. The van der Waals surface area contributed by atoms with Gasteiger partial charge >= 0.3 is 0 Å². The van der Waals surface area contributed by atoms with E-state index in [9.17, 15) is 0 Å². The Morgan fingerprint density at radius 3 is 2.88 bits per heavy atom. The van der Waals surface area contributed by atoms with Crippen molar-refractivity contribution in [2.45, 2.75) is 13.8 Å². The predicted molar refractivity (Wildman–Crippen MR) is 70.8 cm³/mol. The Kier molecular flexibility index (Phi) is 2.42. The molecule has 0 spiro atoms. The lowest BCUT2D eigenvalue weighted by molar-refractivity contribution is 1.16. The van der Waals surface area contributed by atoms with Gasteiger partial charge in [-0.1, -0.05) is 11.6 Å². The van der Waals surface area contributed by atoms with Crippen molar-refractivity contribution in [2.24, 2.45) is 0 Å². The van der Waals surface area contributed by atoms with Gasteiger partial charge in [0, 0.05) is 11.1 Å². The average Bonchev–Trinajstić information content (AvgIpc) is 2.83. The van der Waals surface area contributed by atoms with Crippen LogP contribution in [0.5, 0.6) is 0 Å². The highest BCUT2D eigenvalue weighted by atomic mass is 35.5. The molecule has 0 aliphatic carbocycles. The molecule has 17 heavy (non-hydrogen) atoms. The highest BCUT2D eigenvalue weighted by Gasteiger charge is 2.13.